The molecule has 0 atom stereocenters. The predicted octanol–water partition coefficient (Wildman–Crippen LogP) is 3.12. The molecule has 0 aliphatic carbocycles. The van der Waals surface area contributed by atoms with Gasteiger partial charge in [-0.25, -0.2) is 4.79 Å². The van der Waals surface area contributed by atoms with Gasteiger partial charge in [-0.2, -0.15) is 13.2 Å². The van der Waals surface area contributed by atoms with Crippen LogP contribution in [0.5, 0.6) is 0 Å². The number of likely N-dealkylation sites (tertiary alicyclic amines) is 1. The van der Waals surface area contributed by atoms with Crippen molar-refractivity contribution < 1.29 is 22.7 Å². The second-order valence-corrected chi connectivity index (χ2v) is 3.98. The molecule has 0 aromatic heterocycles. The first kappa shape index (κ1) is 13.9. The third-order valence-corrected chi connectivity index (χ3v) is 2.45. The highest BCUT2D eigenvalue weighted by Crippen LogP contribution is 2.24. The number of unbranched alkanes of at least 4 members (excludes halogenated alkanes) is 1. The summed E-state index contributed by atoms with van der Waals surface area (Å²) in [6.07, 6.45) is -2.62. The summed E-state index contributed by atoms with van der Waals surface area (Å²) >= 11 is 0. The summed E-state index contributed by atoms with van der Waals surface area (Å²) in [6, 6.07) is 0. The van der Waals surface area contributed by atoms with E-state index in [1.807, 2.05) is 6.92 Å². The van der Waals surface area contributed by atoms with Crippen LogP contribution in [0.25, 0.3) is 0 Å². The maximum atomic E-state index is 12.1. The van der Waals surface area contributed by atoms with E-state index in [1.165, 1.54) is 4.90 Å². The summed E-state index contributed by atoms with van der Waals surface area (Å²) in [5, 5.41) is 0. The molecular weight excluding hydrogens is 235 g/mol. The largest absolute Gasteiger partial charge is 0.449 e. The summed E-state index contributed by atoms with van der Waals surface area (Å²) in [5.41, 5.74) is 0.227. The Balaban J connectivity index is 2.40. The Bertz CT molecular complexity index is 300. The normalized spacial score (nSPS) is 18.8. The van der Waals surface area contributed by atoms with Crippen LogP contribution in [0.4, 0.5) is 18.0 Å². The number of alkyl halides is 3. The Morgan fingerprint density at radius 1 is 1.53 bits per heavy atom. The van der Waals surface area contributed by atoms with Gasteiger partial charge in [0.15, 0.2) is 0 Å². The van der Waals surface area contributed by atoms with Crippen molar-refractivity contribution in [3.8, 4) is 0 Å². The van der Waals surface area contributed by atoms with Crippen LogP contribution in [0, 0.1) is 0 Å². The molecule has 6 heteroatoms. The van der Waals surface area contributed by atoms with Crippen molar-refractivity contribution in [1.29, 1.82) is 0 Å². The van der Waals surface area contributed by atoms with Gasteiger partial charge in [0.2, 0.25) is 0 Å². The van der Waals surface area contributed by atoms with Gasteiger partial charge in [0.05, 0.1) is 6.61 Å². The molecule has 1 aliphatic rings. The Hall–Kier alpha value is -1.20. The summed E-state index contributed by atoms with van der Waals surface area (Å²) < 4.78 is 41.1. The number of ether oxygens (including phenoxy) is 1. The molecule has 98 valence electrons. The molecule has 1 heterocycles. The maximum absolute atomic E-state index is 12.1. The topological polar surface area (TPSA) is 29.5 Å². The van der Waals surface area contributed by atoms with Crippen LogP contribution in [-0.2, 0) is 4.74 Å². The minimum atomic E-state index is -4.31. The molecule has 0 aromatic carbocycles. The molecule has 1 amide bonds. The van der Waals surface area contributed by atoms with E-state index >= 15 is 0 Å². The van der Waals surface area contributed by atoms with Crippen molar-refractivity contribution >= 4 is 6.09 Å². The van der Waals surface area contributed by atoms with E-state index in [0.29, 0.717) is 13.2 Å². The minimum Gasteiger partial charge on any atom is -0.449 e. The zero-order valence-electron chi connectivity index (χ0n) is 9.72. The Labute approximate surface area is 98.2 Å². The van der Waals surface area contributed by atoms with E-state index in [9.17, 15) is 18.0 Å². The zero-order valence-corrected chi connectivity index (χ0v) is 9.72. The van der Waals surface area contributed by atoms with Gasteiger partial charge in [-0.05, 0) is 18.4 Å². The molecule has 1 saturated heterocycles. The summed E-state index contributed by atoms with van der Waals surface area (Å²) in [7, 11) is 0. The van der Waals surface area contributed by atoms with Crippen LogP contribution in [-0.4, -0.2) is 36.9 Å². The number of halogens is 3. The molecular formula is C11H16F3NO2. The van der Waals surface area contributed by atoms with E-state index in [4.69, 9.17) is 4.74 Å². The fourth-order valence-corrected chi connectivity index (χ4v) is 1.58. The number of amides is 1. The molecule has 0 spiro atoms. The molecule has 0 radical (unpaired) electrons. The van der Waals surface area contributed by atoms with Crippen LogP contribution in [0.2, 0.25) is 0 Å². The number of carbonyl (C=O) groups excluding carboxylic acids is 1. The first-order valence-corrected chi connectivity index (χ1v) is 5.61. The van der Waals surface area contributed by atoms with Crippen molar-refractivity contribution in [2.75, 3.05) is 19.7 Å². The van der Waals surface area contributed by atoms with Crippen LogP contribution in [0.1, 0.15) is 26.2 Å². The van der Waals surface area contributed by atoms with Gasteiger partial charge in [-0.1, -0.05) is 13.3 Å². The van der Waals surface area contributed by atoms with Crippen LogP contribution in [0.15, 0.2) is 11.6 Å². The van der Waals surface area contributed by atoms with E-state index < -0.39 is 12.3 Å². The van der Waals surface area contributed by atoms with Crippen molar-refractivity contribution in [1.82, 2.24) is 4.90 Å². The standard InChI is InChI=1S/C11H16F3NO2/c1-2-3-6-17-10(16)15-5-4-9(8-15)7-11(12,13)14/h7H,2-6,8H2,1H3/b9-7-. The molecule has 0 unspecified atom stereocenters. The zero-order chi connectivity index (χ0) is 12.9. The van der Waals surface area contributed by atoms with Gasteiger partial charge in [-0.3, -0.25) is 0 Å². The van der Waals surface area contributed by atoms with E-state index in [-0.39, 0.29) is 24.6 Å². The lowest BCUT2D eigenvalue weighted by Gasteiger charge is -2.14. The lowest BCUT2D eigenvalue weighted by atomic mass is 10.2. The Morgan fingerprint density at radius 3 is 2.82 bits per heavy atom. The molecule has 1 fully saturated rings. The summed E-state index contributed by atoms with van der Waals surface area (Å²) in [6.45, 7) is 2.61. The number of allylic oxidation sites excluding steroid dienone is 1. The van der Waals surface area contributed by atoms with Gasteiger partial charge in [-0.15, -0.1) is 0 Å². The average Bonchev–Trinajstić information content (AvgIpc) is 2.64. The Morgan fingerprint density at radius 2 is 2.24 bits per heavy atom. The molecule has 3 nitrogen and oxygen atoms in total. The highest BCUT2D eigenvalue weighted by atomic mass is 19.4. The molecule has 0 bridgehead atoms. The fourth-order valence-electron chi connectivity index (χ4n) is 1.58. The minimum absolute atomic E-state index is 0.0183. The van der Waals surface area contributed by atoms with Gasteiger partial charge in [0, 0.05) is 19.2 Å². The van der Waals surface area contributed by atoms with Gasteiger partial charge in [0.1, 0.15) is 0 Å². The number of hydrogen-bond donors (Lipinski definition) is 0. The number of nitrogens with zero attached hydrogens (tertiary/aromatic N) is 1. The smallest absolute Gasteiger partial charge is 0.410 e. The monoisotopic (exact) mass is 251 g/mol. The lowest BCUT2D eigenvalue weighted by Crippen LogP contribution is -2.28. The second kappa shape index (κ2) is 5.93. The molecule has 0 aromatic rings. The van der Waals surface area contributed by atoms with Crippen molar-refractivity contribution in [3.63, 3.8) is 0 Å². The quantitative estimate of drug-likeness (QED) is 0.569. The van der Waals surface area contributed by atoms with E-state index in [1.54, 1.807) is 0 Å². The summed E-state index contributed by atoms with van der Waals surface area (Å²) in [4.78, 5) is 12.7. The summed E-state index contributed by atoms with van der Waals surface area (Å²) in [5.74, 6) is 0. The number of hydrogen-bond acceptors (Lipinski definition) is 2. The van der Waals surface area contributed by atoms with E-state index in [0.717, 1.165) is 12.8 Å². The van der Waals surface area contributed by atoms with Gasteiger partial charge >= 0.3 is 12.3 Å². The fraction of sp³-hybridized carbons (Fsp3) is 0.727. The molecule has 0 saturated carbocycles. The van der Waals surface area contributed by atoms with Crippen LogP contribution >= 0.6 is 0 Å². The molecule has 1 rings (SSSR count). The molecule has 0 N–H and O–H groups in total. The third kappa shape index (κ3) is 5.10. The van der Waals surface area contributed by atoms with Crippen LogP contribution < -0.4 is 0 Å². The first-order chi connectivity index (χ1) is 7.92. The van der Waals surface area contributed by atoms with Crippen molar-refractivity contribution in [2.45, 2.75) is 32.4 Å². The highest BCUT2D eigenvalue weighted by Gasteiger charge is 2.29. The third-order valence-electron chi connectivity index (χ3n) is 2.45. The second-order valence-electron chi connectivity index (χ2n) is 3.98. The lowest BCUT2D eigenvalue weighted by molar-refractivity contribution is -0.0806. The SMILES string of the molecule is CCCCOC(=O)N1CC/C(=C/C(F)(F)F)C1. The average molecular weight is 251 g/mol. The van der Waals surface area contributed by atoms with Crippen molar-refractivity contribution in [3.05, 3.63) is 11.6 Å². The molecule has 17 heavy (non-hydrogen) atoms. The van der Waals surface area contributed by atoms with Gasteiger partial charge < -0.3 is 9.64 Å². The van der Waals surface area contributed by atoms with Gasteiger partial charge in [0.25, 0.3) is 0 Å². The number of carbonyl (C=O) groups is 1. The van der Waals surface area contributed by atoms with Crippen LogP contribution in [0.3, 0.4) is 0 Å². The van der Waals surface area contributed by atoms with Crippen molar-refractivity contribution in [2.24, 2.45) is 0 Å². The highest BCUT2D eigenvalue weighted by molar-refractivity contribution is 5.68. The molecule has 1 aliphatic heterocycles. The Kier molecular flexibility index (Phi) is 4.84. The first-order valence-electron chi connectivity index (χ1n) is 5.61. The maximum Gasteiger partial charge on any atom is 0.410 e. The van der Waals surface area contributed by atoms with E-state index in [2.05, 4.69) is 0 Å². The predicted molar refractivity (Wildman–Crippen MR) is 56.6 cm³/mol. The number of rotatable bonds is 3.